The standard InChI is InChI=1S/C26H24FN7O/c27-22-12-21(34-14-24(32-33-34)16-3-6-23-17(9-16)7-8-29-23)5-2-15(22)10-20(13-28)31-26(35)25-18-1-4-19(11-18)30-25/h2-3,5-9,12,14,18-20,25,29-30H,1,4,10-11H2,(H,31,35). The predicted octanol–water partition coefficient (Wildman–Crippen LogP) is 3.25. The van der Waals surface area contributed by atoms with Crippen molar-refractivity contribution in [2.75, 3.05) is 0 Å². The number of hydrogen-bond donors (Lipinski definition) is 3. The number of nitrogens with one attached hydrogen (secondary N) is 3. The fourth-order valence-corrected chi connectivity index (χ4v) is 5.34. The Bertz CT molecular complexity index is 1450. The van der Waals surface area contributed by atoms with Gasteiger partial charge in [-0.15, -0.1) is 5.10 Å². The van der Waals surface area contributed by atoms with E-state index >= 15 is 0 Å². The number of rotatable bonds is 6. The molecule has 3 heterocycles. The largest absolute Gasteiger partial charge is 0.361 e. The molecular formula is C26H24FN7O. The number of amides is 1. The van der Waals surface area contributed by atoms with Crippen LogP contribution >= 0.6 is 0 Å². The molecule has 4 atom stereocenters. The van der Waals surface area contributed by atoms with Crippen LogP contribution in [0.3, 0.4) is 0 Å². The molecular weight excluding hydrogens is 445 g/mol. The first-order valence-corrected chi connectivity index (χ1v) is 11.8. The van der Waals surface area contributed by atoms with Crippen molar-refractivity contribution in [3.8, 4) is 23.0 Å². The number of H-pyrrole nitrogens is 1. The molecule has 1 saturated carbocycles. The van der Waals surface area contributed by atoms with Gasteiger partial charge in [-0.1, -0.05) is 17.3 Å². The molecule has 1 saturated heterocycles. The van der Waals surface area contributed by atoms with Crippen LogP contribution in [0, 0.1) is 23.1 Å². The second-order valence-electron chi connectivity index (χ2n) is 9.41. The van der Waals surface area contributed by atoms with E-state index in [9.17, 15) is 14.4 Å². The highest BCUT2D eigenvalue weighted by atomic mass is 19.1. The summed E-state index contributed by atoms with van der Waals surface area (Å²) >= 11 is 0. The number of carbonyl (C=O) groups excluding carboxylic acids is 1. The van der Waals surface area contributed by atoms with Crippen LogP contribution in [0.15, 0.2) is 54.9 Å². The number of piperidine rings is 1. The van der Waals surface area contributed by atoms with Crippen molar-refractivity contribution in [3.05, 3.63) is 66.2 Å². The third-order valence-electron chi connectivity index (χ3n) is 7.18. The van der Waals surface area contributed by atoms with Gasteiger partial charge in [0.05, 0.1) is 24.0 Å². The zero-order chi connectivity index (χ0) is 23.9. The van der Waals surface area contributed by atoms with Crippen LogP contribution in [-0.2, 0) is 11.2 Å². The summed E-state index contributed by atoms with van der Waals surface area (Å²) in [6.07, 6.45) is 6.87. The van der Waals surface area contributed by atoms with Gasteiger partial charge >= 0.3 is 0 Å². The third kappa shape index (κ3) is 4.06. The summed E-state index contributed by atoms with van der Waals surface area (Å²) in [7, 11) is 0. The highest BCUT2D eigenvalue weighted by Crippen LogP contribution is 2.35. The van der Waals surface area contributed by atoms with Gasteiger partial charge in [0.15, 0.2) is 0 Å². The maximum absolute atomic E-state index is 15.0. The summed E-state index contributed by atoms with van der Waals surface area (Å²) < 4.78 is 16.5. The molecule has 1 aliphatic carbocycles. The maximum Gasteiger partial charge on any atom is 0.238 e. The Balaban J connectivity index is 1.15. The number of halogens is 1. The van der Waals surface area contributed by atoms with Crippen LogP contribution in [0.4, 0.5) is 4.39 Å². The van der Waals surface area contributed by atoms with Gasteiger partial charge in [0.2, 0.25) is 5.91 Å². The summed E-state index contributed by atoms with van der Waals surface area (Å²) in [5, 5.41) is 25.1. The number of carbonyl (C=O) groups is 1. The number of hydrogen-bond acceptors (Lipinski definition) is 5. The zero-order valence-electron chi connectivity index (χ0n) is 18.9. The van der Waals surface area contributed by atoms with Crippen molar-refractivity contribution in [2.45, 2.75) is 43.8 Å². The average molecular weight is 470 g/mol. The van der Waals surface area contributed by atoms with Crippen molar-refractivity contribution in [1.29, 1.82) is 5.26 Å². The number of fused-ring (bicyclic) bond motifs is 3. The predicted molar refractivity (Wildman–Crippen MR) is 128 cm³/mol. The van der Waals surface area contributed by atoms with Gasteiger partial charge in [0.25, 0.3) is 0 Å². The summed E-state index contributed by atoms with van der Waals surface area (Å²) in [4.78, 5) is 15.8. The molecule has 6 rings (SSSR count). The van der Waals surface area contributed by atoms with Crippen molar-refractivity contribution in [2.24, 2.45) is 5.92 Å². The second-order valence-corrected chi connectivity index (χ2v) is 9.41. The molecule has 1 amide bonds. The Morgan fingerprint density at radius 3 is 2.94 bits per heavy atom. The van der Waals surface area contributed by atoms with Crippen LogP contribution in [0.5, 0.6) is 0 Å². The Morgan fingerprint density at radius 2 is 2.17 bits per heavy atom. The van der Waals surface area contributed by atoms with E-state index in [1.807, 2.05) is 30.5 Å². The summed E-state index contributed by atoms with van der Waals surface area (Å²) in [6, 6.07) is 14.1. The van der Waals surface area contributed by atoms with E-state index in [-0.39, 0.29) is 18.4 Å². The monoisotopic (exact) mass is 469 g/mol. The molecule has 4 unspecified atom stereocenters. The average Bonchev–Trinajstić information content (AvgIpc) is 3.68. The van der Waals surface area contributed by atoms with Crippen molar-refractivity contribution >= 4 is 16.8 Å². The molecule has 2 bridgehead atoms. The maximum atomic E-state index is 15.0. The van der Waals surface area contributed by atoms with Crippen molar-refractivity contribution < 1.29 is 9.18 Å². The Morgan fingerprint density at radius 1 is 1.26 bits per heavy atom. The molecule has 0 radical (unpaired) electrons. The van der Waals surface area contributed by atoms with E-state index in [0.717, 1.165) is 35.7 Å². The van der Waals surface area contributed by atoms with Gasteiger partial charge in [-0.25, -0.2) is 9.07 Å². The van der Waals surface area contributed by atoms with Gasteiger partial charge in [-0.2, -0.15) is 5.26 Å². The van der Waals surface area contributed by atoms with Gasteiger partial charge in [0, 0.05) is 35.1 Å². The zero-order valence-corrected chi connectivity index (χ0v) is 18.9. The molecule has 1 aliphatic heterocycles. The highest BCUT2D eigenvalue weighted by molar-refractivity contribution is 5.84. The van der Waals surface area contributed by atoms with Crippen LogP contribution in [0.1, 0.15) is 24.8 Å². The van der Waals surface area contributed by atoms with Crippen molar-refractivity contribution in [1.82, 2.24) is 30.6 Å². The van der Waals surface area contributed by atoms with Gasteiger partial charge < -0.3 is 15.6 Å². The first-order valence-electron chi connectivity index (χ1n) is 11.8. The lowest BCUT2D eigenvalue weighted by Crippen LogP contribution is -2.50. The van der Waals surface area contributed by atoms with Gasteiger partial charge in [0.1, 0.15) is 17.6 Å². The van der Waals surface area contributed by atoms with E-state index in [4.69, 9.17) is 0 Å². The van der Waals surface area contributed by atoms with Crippen LogP contribution in [0.2, 0.25) is 0 Å². The number of aromatic nitrogens is 4. The van der Waals surface area contributed by atoms with Crippen LogP contribution < -0.4 is 10.6 Å². The lowest BCUT2D eigenvalue weighted by atomic mass is 9.98. The number of nitrogens with zero attached hydrogens (tertiary/aromatic N) is 4. The molecule has 2 aromatic carbocycles. The van der Waals surface area contributed by atoms with E-state index in [0.29, 0.717) is 28.9 Å². The SMILES string of the molecule is N#CC(Cc1ccc(-n2cc(-c3ccc4[nH]ccc4c3)nn2)cc1F)NC(=O)C1NC2CCC1C2. The van der Waals surface area contributed by atoms with Gasteiger partial charge in [-0.3, -0.25) is 4.79 Å². The van der Waals surface area contributed by atoms with Crippen molar-refractivity contribution in [3.63, 3.8) is 0 Å². The quantitative estimate of drug-likeness (QED) is 0.401. The summed E-state index contributed by atoms with van der Waals surface area (Å²) in [5.41, 5.74) is 3.52. The first kappa shape index (κ1) is 21.5. The molecule has 176 valence electrons. The molecule has 9 heteroatoms. The Kier molecular flexibility index (Phi) is 5.30. The molecule has 2 aromatic heterocycles. The minimum absolute atomic E-state index is 0.0917. The lowest BCUT2D eigenvalue weighted by molar-refractivity contribution is -0.124. The van der Waals surface area contributed by atoms with Crippen LogP contribution in [-0.4, -0.2) is 44.0 Å². The Labute approximate surface area is 201 Å². The topological polar surface area (TPSA) is 111 Å². The Hall–Kier alpha value is -4.03. The number of aromatic amines is 1. The minimum Gasteiger partial charge on any atom is -0.361 e. The first-order chi connectivity index (χ1) is 17.1. The normalized spacial score (nSPS) is 21.8. The molecule has 4 aromatic rings. The molecule has 35 heavy (non-hydrogen) atoms. The molecule has 8 nitrogen and oxygen atoms in total. The minimum atomic E-state index is -0.801. The molecule has 0 spiro atoms. The molecule has 2 fully saturated rings. The highest BCUT2D eigenvalue weighted by Gasteiger charge is 2.43. The fraction of sp³-hybridized carbons (Fsp3) is 0.308. The fourth-order valence-electron chi connectivity index (χ4n) is 5.34. The third-order valence-corrected chi connectivity index (χ3v) is 7.18. The number of nitriles is 1. The second kappa shape index (κ2) is 8.64. The molecule has 3 N–H and O–H groups in total. The summed E-state index contributed by atoms with van der Waals surface area (Å²) in [6.45, 7) is 0. The van der Waals surface area contributed by atoms with E-state index in [2.05, 4.69) is 32.0 Å². The lowest BCUT2D eigenvalue weighted by Gasteiger charge is -2.23. The number of benzene rings is 2. The van der Waals surface area contributed by atoms with Crippen LogP contribution in [0.25, 0.3) is 27.8 Å². The van der Waals surface area contributed by atoms with E-state index in [1.54, 1.807) is 18.3 Å². The van der Waals surface area contributed by atoms with E-state index < -0.39 is 11.9 Å². The van der Waals surface area contributed by atoms with E-state index in [1.165, 1.54) is 10.7 Å². The summed E-state index contributed by atoms with van der Waals surface area (Å²) in [5.74, 6) is -0.303. The smallest absolute Gasteiger partial charge is 0.238 e. The van der Waals surface area contributed by atoms with Gasteiger partial charge in [-0.05, 0) is 61.1 Å². The molecule has 2 aliphatic rings.